The number of aromatic nitrogens is 1. The number of benzene rings is 10. The Bertz CT molecular complexity index is 3870. The van der Waals surface area contributed by atoms with Crippen LogP contribution in [0, 0.1) is 0 Å². The number of carbonyl (C=O) groups is 1. The first kappa shape index (κ1) is 41.3. The number of nitrogens with zero attached hydrogens (tertiary/aromatic N) is 2. The van der Waals surface area contributed by atoms with E-state index in [0.29, 0.717) is 5.57 Å². The molecule has 0 spiro atoms. The molecule has 0 bridgehead atoms. The molecule has 1 amide bonds. The van der Waals surface area contributed by atoms with Gasteiger partial charge in [-0.15, -0.1) is 0 Å². The fourth-order valence-electron chi connectivity index (χ4n) is 9.67. The van der Waals surface area contributed by atoms with Gasteiger partial charge in [-0.05, 0) is 131 Å². The van der Waals surface area contributed by atoms with E-state index in [-0.39, 0.29) is 5.91 Å². The summed E-state index contributed by atoms with van der Waals surface area (Å²) < 4.78 is 8.70. The molecule has 0 unspecified atom stereocenters. The van der Waals surface area contributed by atoms with Gasteiger partial charge >= 0.3 is 0 Å². The minimum Gasteiger partial charge on any atom is -0.455 e. The number of hydrogen-bond donors (Lipinski definition) is 1. The molecule has 10 aromatic carbocycles. The van der Waals surface area contributed by atoms with Crippen molar-refractivity contribution >= 4 is 72.4 Å². The van der Waals surface area contributed by atoms with E-state index in [1.807, 2.05) is 36.4 Å². The van der Waals surface area contributed by atoms with Crippen molar-refractivity contribution in [2.24, 2.45) is 0 Å². The van der Waals surface area contributed by atoms with Gasteiger partial charge in [0.2, 0.25) is 0 Å². The lowest BCUT2D eigenvalue weighted by Gasteiger charge is -2.26. The van der Waals surface area contributed by atoms with Crippen molar-refractivity contribution in [1.29, 1.82) is 0 Å². The van der Waals surface area contributed by atoms with E-state index in [1.54, 1.807) is 6.92 Å². The molecule has 0 saturated carbocycles. The van der Waals surface area contributed by atoms with Gasteiger partial charge in [-0.3, -0.25) is 4.79 Å². The summed E-state index contributed by atoms with van der Waals surface area (Å²) >= 11 is 0. The van der Waals surface area contributed by atoms with Gasteiger partial charge in [-0.1, -0.05) is 158 Å². The predicted molar refractivity (Wildman–Crippen MR) is 288 cm³/mol. The van der Waals surface area contributed by atoms with Crippen LogP contribution in [0.4, 0.5) is 22.7 Å². The van der Waals surface area contributed by atoms with E-state index < -0.39 is 0 Å². The number of fused-ring (bicyclic) bond motifs is 6. The molecule has 328 valence electrons. The molecule has 12 rings (SSSR count). The molecule has 0 aliphatic heterocycles. The topological polar surface area (TPSA) is 50.4 Å². The Hall–Kier alpha value is -9.19. The van der Waals surface area contributed by atoms with Gasteiger partial charge in [-0.2, -0.15) is 0 Å². The third-order valence-corrected chi connectivity index (χ3v) is 13.2. The van der Waals surface area contributed by atoms with Crippen LogP contribution in [0.15, 0.2) is 253 Å². The summed E-state index contributed by atoms with van der Waals surface area (Å²) in [6.45, 7) is 5.46. The van der Waals surface area contributed by atoms with Gasteiger partial charge in [0.05, 0.1) is 11.0 Å². The van der Waals surface area contributed by atoms with Gasteiger partial charge < -0.3 is 19.2 Å². The second-order valence-corrected chi connectivity index (χ2v) is 17.6. The monoisotopic (exact) mass is 887 g/mol. The second-order valence-electron chi connectivity index (χ2n) is 17.6. The molecule has 69 heavy (non-hydrogen) atoms. The van der Waals surface area contributed by atoms with Crippen molar-refractivity contribution < 1.29 is 9.21 Å². The summed E-state index contributed by atoms with van der Waals surface area (Å²) in [5, 5.41) is 7.53. The number of carbonyl (C=O) groups excluding carboxylic acids is 1. The Morgan fingerprint density at radius 3 is 1.58 bits per heavy atom. The predicted octanol–water partition coefficient (Wildman–Crippen LogP) is 17.3. The first-order valence-electron chi connectivity index (χ1n) is 23.2. The molecule has 5 heteroatoms. The van der Waals surface area contributed by atoms with Gasteiger partial charge in [0.25, 0.3) is 5.91 Å². The average Bonchev–Trinajstić information content (AvgIpc) is 3.96. The third-order valence-electron chi connectivity index (χ3n) is 13.2. The lowest BCUT2D eigenvalue weighted by atomic mass is 9.98. The highest BCUT2D eigenvalue weighted by Gasteiger charge is 2.18. The summed E-state index contributed by atoms with van der Waals surface area (Å²) in [5.41, 5.74) is 18.6. The average molecular weight is 888 g/mol. The van der Waals surface area contributed by atoms with Crippen molar-refractivity contribution in [1.82, 2.24) is 4.57 Å². The molecular formula is C64H45N3O2. The molecule has 0 aliphatic carbocycles. The van der Waals surface area contributed by atoms with E-state index in [0.717, 1.165) is 94.8 Å². The fourth-order valence-corrected chi connectivity index (χ4v) is 9.67. The van der Waals surface area contributed by atoms with E-state index >= 15 is 0 Å². The zero-order valence-electron chi connectivity index (χ0n) is 37.9. The largest absolute Gasteiger partial charge is 0.455 e. The molecule has 0 aliphatic rings. The fraction of sp³-hybridized carbons (Fsp3) is 0.0156. The maximum Gasteiger partial charge on any atom is 0.250 e. The summed E-state index contributed by atoms with van der Waals surface area (Å²) in [4.78, 5) is 14.6. The number of rotatable bonds is 10. The first-order chi connectivity index (χ1) is 33.9. The normalized spacial score (nSPS) is 11.4. The summed E-state index contributed by atoms with van der Waals surface area (Å²) in [7, 11) is 0. The van der Waals surface area contributed by atoms with Crippen LogP contribution in [-0.4, -0.2) is 10.5 Å². The maximum absolute atomic E-state index is 12.2. The van der Waals surface area contributed by atoms with Crippen molar-refractivity contribution in [3.05, 3.63) is 249 Å². The third kappa shape index (κ3) is 7.62. The van der Waals surface area contributed by atoms with Gasteiger partial charge in [-0.25, -0.2) is 0 Å². The Kier molecular flexibility index (Phi) is 10.3. The lowest BCUT2D eigenvalue weighted by Crippen LogP contribution is -2.11. The summed E-state index contributed by atoms with van der Waals surface area (Å²) in [6.07, 6.45) is 0. The Morgan fingerprint density at radius 2 is 0.942 bits per heavy atom. The van der Waals surface area contributed by atoms with Crippen LogP contribution >= 0.6 is 0 Å². The number of amides is 1. The maximum atomic E-state index is 12.2. The Morgan fingerprint density at radius 1 is 0.449 bits per heavy atom. The van der Waals surface area contributed by atoms with Gasteiger partial charge in [0, 0.05) is 61.1 Å². The quantitative estimate of drug-likeness (QED) is 0.139. The highest BCUT2D eigenvalue weighted by molar-refractivity contribution is 6.11. The number of nitrogens with one attached hydrogen (secondary N) is 1. The number of hydrogen-bond acceptors (Lipinski definition) is 3. The smallest absolute Gasteiger partial charge is 0.250 e. The molecule has 0 radical (unpaired) electrons. The van der Waals surface area contributed by atoms with E-state index in [2.05, 4.69) is 222 Å². The zero-order chi connectivity index (χ0) is 46.4. The minimum atomic E-state index is -0.185. The van der Waals surface area contributed by atoms with Crippen LogP contribution in [0.25, 0.3) is 93.9 Å². The Balaban J connectivity index is 0.843. The summed E-state index contributed by atoms with van der Waals surface area (Å²) in [6, 6.07) is 83.7. The van der Waals surface area contributed by atoms with E-state index in [9.17, 15) is 4.79 Å². The molecule has 0 saturated heterocycles. The van der Waals surface area contributed by atoms with Crippen LogP contribution in [0.3, 0.4) is 0 Å². The van der Waals surface area contributed by atoms with Crippen LogP contribution in [0.1, 0.15) is 6.92 Å². The highest BCUT2D eigenvalue weighted by atomic mass is 16.3. The van der Waals surface area contributed by atoms with Crippen LogP contribution in [-0.2, 0) is 4.79 Å². The van der Waals surface area contributed by atoms with E-state index in [1.165, 1.54) is 21.9 Å². The number of furan rings is 1. The number of para-hydroxylation sites is 3. The number of anilines is 4. The molecule has 5 nitrogen and oxygen atoms in total. The molecular weight excluding hydrogens is 843 g/mol. The second kappa shape index (κ2) is 17.2. The molecule has 2 heterocycles. The molecule has 1 N–H and O–H groups in total. The molecule has 2 aromatic heterocycles. The standard InChI is InChI=1S/C64H45N3O2/c1-42(2)64(68)65-50-30-38-54(39-31-50)67-60-17-8-6-13-56(60)59-41-49(29-40-61(59)67)47-21-19-44(20-22-47)46-25-34-52(35-26-46)66(51-32-23-45(24-33-51)43-11-4-3-5-12-43)53-36-27-48(28-37-53)55-15-10-16-58-57-14-7-9-18-62(57)69-63(55)58/h3-41H,1H2,2H3,(H,65,68). The Labute approximate surface area is 400 Å². The van der Waals surface area contributed by atoms with Gasteiger partial charge in [0.15, 0.2) is 0 Å². The van der Waals surface area contributed by atoms with Gasteiger partial charge in [0.1, 0.15) is 11.2 Å². The highest BCUT2D eigenvalue weighted by Crippen LogP contribution is 2.41. The van der Waals surface area contributed by atoms with Crippen LogP contribution < -0.4 is 10.2 Å². The lowest BCUT2D eigenvalue weighted by molar-refractivity contribution is -0.112. The molecule has 0 fully saturated rings. The van der Waals surface area contributed by atoms with E-state index in [4.69, 9.17) is 4.42 Å². The van der Waals surface area contributed by atoms with Crippen molar-refractivity contribution in [2.45, 2.75) is 6.92 Å². The molecule has 0 atom stereocenters. The van der Waals surface area contributed by atoms with Crippen LogP contribution in [0.2, 0.25) is 0 Å². The van der Waals surface area contributed by atoms with Crippen molar-refractivity contribution in [3.63, 3.8) is 0 Å². The summed E-state index contributed by atoms with van der Waals surface area (Å²) in [5.74, 6) is -0.185. The SMILES string of the molecule is C=C(C)C(=O)Nc1ccc(-n2c3ccccc3c3cc(-c4ccc(-c5ccc(N(c6ccc(-c7ccccc7)cc6)c6ccc(-c7cccc8c7oc7ccccc78)cc6)cc5)cc4)ccc32)cc1. The van der Waals surface area contributed by atoms with Crippen LogP contribution in [0.5, 0.6) is 0 Å². The molecule has 12 aromatic rings. The first-order valence-corrected chi connectivity index (χ1v) is 23.2. The van der Waals surface area contributed by atoms with Crippen molar-refractivity contribution in [2.75, 3.05) is 10.2 Å². The van der Waals surface area contributed by atoms with Crippen molar-refractivity contribution in [3.8, 4) is 50.2 Å². The zero-order valence-corrected chi connectivity index (χ0v) is 37.9. The minimum absolute atomic E-state index is 0.185.